The quantitative estimate of drug-likeness (QED) is 0.860. The van der Waals surface area contributed by atoms with Gasteiger partial charge in [-0.05, 0) is 38.8 Å². The summed E-state index contributed by atoms with van der Waals surface area (Å²) in [5.41, 5.74) is 1.21. The van der Waals surface area contributed by atoms with Crippen molar-refractivity contribution in [1.29, 1.82) is 0 Å². The van der Waals surface area contributed by atoms with Crippen LogP contribution in [-0.2, 0) is 0 Å². The van der Waals surface area contributed by atoms with E-state index in [1.807, 2.05) is 0 Å². The van der Waals surface area contributed by atoms with E-state index in [4.69, 9.17) is 0 Å². The first-order valence-corrected chi connectivity index (χ1v) is 7.07. The highest BCUT2D eigenvalue weighted by atomic mass is 16.3. The second-order valence-electron chi connectivity index (χ2n) is 5.53. The number of ketones is 1. The van der Waals surface area contributed by atoms with Gasteiger partial charge in [0.2, 0.25) is 0 Å². The van der Waals surface area contributed by atoms with Gasteiger partial charge >= 0.3 is 0 Å². The van der Waals surface area contributed by atoms with E-state index in [9.17, 15) is 14.7 Å². The zero-order valence-corrected chi connectivity index (χ0v) is 12.0. The SMILES string of the molecule is CC(=O)c1ccc(C(=O)N2CCCC(C(C)O)C2)cc1. The van der Waals surface area contributed by atoms with Crippen molar-refractivity contribution in [2.75, 3.05) is 13.1 Å². The van der Waals surface area contributed by atoms with Gasteiger partial charge in [0.25, 0.3) is 5.91 Å². The minimum atomic E-state index is -0.384. The highest BCUT2D eigenvalue weighted by Gasteiger charge is 2.26. The molecule has 2 unspecified atom stereocenters. The fraction of sp³-hybridized carbons (Fsp3) is 0.500. The number of nitrogens with zero attached hydrogens (tertiary/aromatic N) is 1. The van der Waals surface area contributed by atoms with Crippen LogP contribution in [0.1, 0.15) is 47.4 Å². The third kappa shape index (κ3) is 3.25. The maximum absolute atomic E-state index is 12.4. The van der Waals surface area contributed by atoms with Gasteiger partial charge in [-0.2, -0.15) is 0 Å². The molecule has 1 aliphatic heterocycles. The first kappa shape index (κ1) is 14.7. The molecule has 1 heterocycles. The van der Waals surface area contributed by atoms with E-state index >= 15 is 0 Å². The Morgan fingerprint density at radius 2 is 1.85 bits per heavy atom. The summed E-state index contributed by atoms with van der Waals surface area (Å²) in [7, 11) is 0. The Hall–Kier alpha value is -1.68. The fourth-order valence-electron chi connectivity index (χ4n) is 2.62. The molecule has 1 amide bonds. The number of benzene rings is 1. The van der Waals surface area contributed by atoms with Crippen LogP contribution in [0.15, 0.2) is 24.3 Å². The van der Waals surface area contributed by atoms with Crippen molar-refractivity contribution in [2.24, 2.45) is 5.92 Å². The average Bonchev–Trinajstić information content (AvgIpc) is 2.46. The molecular weight excluding hydrogens is 254 g/mol. The lowest BCUT2D eigenvalue weighted by Crippen LogP contribution is -2.42. The van der Waals surface area contributed by atoms with Crippen molar-refractivity contribution >= 4 is 11.7 Å². The predicted octanol–water partition coefficient (Wildman–Crippen LogP) is 2.12. The molecule has 2 rings (SSSR count). The number of carbonyl (C=O) groups excluding carboxylic acids is 2. The number of aliphatic hydroxyl groups excluding tert-OH is 1. The third-order valence-corrected chi connectivity index (χ3v) is 3.97. The monoisotopic (exact) mass is 275 g/mol. The summed E-state index contributed by atoms with van der Waals surface area (Å²) < 4.78 is 0. The summed E-state index contributed by atoms with van der Waals surface area (Å²) in [4.78, 5) is 25.4. The Morgan fingerprint density at radius 1 is 1.25 bits per heavy atom. The predicted molar refractivity (Wildman–Crippen MR) is 76.8 cm³/mol. The van der Waals surface area contributed by atoms with Gasteiger partial charge in [-0.15, -0.1) is 0 Å². The maximum Gasteiger partial charge on any atom is 0.253 e. The molecule has 4 heteroatoms. The zero-order chi connectivity index (χ0) is 14.7. The number of aliphatic hydroxyl groups is 1. The Kier molecular flexibility index (Phi) is 4.55. The zero-order valence-electron chi connectivity index (χ0n) is 12.0. The van der Waals surface area contributed by atoms with Crippen LogP contribution < -0.4 is 0 Å². The largest absolute Gasteiger partial charge is 0.393 e. The number of Topliss-reactive ketones (excluding diaryl/α,β-unsaturated/α-hetero) is 1. The van der Waals surface area contributed by atoms with Crippen LogP contribution in [0.25, 0.3) is 0 Å². The summed E-state index contributed by atoms with van der Waals surface area (Å²) in [5.74, 6) is 0.130. The molecule has 0 spiro atoms. The summed E-state index contributed by atoms with van der Waals surface area (Å²) in [6.07, 6.45) is 1.50. The van der Waals surface area contributed by atoms with Gasteiger partial charge in [0.15, 0.2) is 5.78 Å². The normalized spacial score (nSPS) is 20.6. The van der Waals surface area contributed by atoms with E-state index in [1.165, 1.54) is 6.92 Å². The van der Waals surface area contributed by atoms with Crippen LogP contribution in [-0.4, -0.2) is 40.9 Å². The molecule has 0 saturated carbocycles. The summed E-state index contributed by atoms with van der Waals surface area (Å²) in [6, 6.07) is 6.77. The van der Waals surface area contributed by atoms with Crippen LogP contribution >= 0.6 is 0 Å². The van der Waals surface area contributed by atoms with Gasteiger partial charge < -0.3 is 10.0 Å². The maximum atomic E-state index is 12.4. The second-order valence-corrected chi connectivity index (χ2v) is 5.53. The molecule has 1 aromatic rings. The molecule has 108 valence electrons. The molecule has 1 fully saturated rings. The molecule has 2 atom stereocenters. The molecule has 0 aromatic heterocycles. The lowest BCUT2D eigenvalue weighted by molar-refractivity contribution is 0.0466. The Bertz CT molecular complexity index is 493. The summed E-state index contributed by atoms with van der Waals surface area (Å²) in [6.45, 7) is 4.62. The minimum absolute atomic E-state index is 0.00357. The number of carbonyl (C=O) groups is 2. The Balaban J connectivity index is 2.08. The fourth-order valence-corrected chi connectivity index (χ4v) is 2.62. The standard InChI is InChI=1S/C16H21NO3/c1-11(18)13-5-7-14(8-6-13)16(20)17-9-3-4-15(10-17)12(2)19/h5-8,12,15,19H,3-4,9-10H2,1-2H3. The van der Waals surface area contributed by atoms with E-state index in [0.717, 1.165) is 19.4 Å². The van der Waals surface area contributed by atoms with Crippen molar-refractivity contribution in [3.63, 3.8) is 0 Å². The molecular formula is C16H21NO3. The average molecular weight is 275 g/mol. The first-order chi connectivity index (χ1) is 9.49. The highest BCUT2D eigenvalue weighted by Crippen LogP contribution is 2.21. The van der Waals surface area contributed by atoms with E-state index in [2.05, 4.69) is 0 Å². The minimum Gasteiger partial charge on any atom is -0.393 e. The molecule has 1 aromatic carbocycles. The summed E-state index contributed by atoms with van der Waals surface area (Å²) >= 11 is 0. The van der Waals surface area contributed by atoms with E-state index < -0.39 is 0 Å². The smallest absolute Gasteiger partial charge is 0.253 e. The number of likely N-dealkylation sites (tertiary alicyclic amines) is 1. The van der Waals surface area contributed by atoms with Crippen molar-refractivity contribution in [3.8, 4) is 0 Å². The second kappa shape index (κ2) is 6.18. The molecule has 0 radical (unpaired) electrons. The van der Waals surface area contributed by atoms with Gasteiger partial charge in [-0.1, -0.05) is 12.1 Å². The topological polar surface area (TPSA) is 57.6 Å². The van der Waals surface area contributed by atoms with Gasteiger partial charge in [-0.25, -0.2) is 0 Å². The number of piperidine rings is 1. The molecule has 1 N–H and O–H groups in total. The van der Waals surface area contributed by atoms with Gasteiger partial charge in [0, 0.05) is 30.1 Å². The Morgan fingerprint density at radius 3 is 2.40 bits per heavy atom. The molecule has 1 saturated heterocycles. The summed E-state index contributed by atoms with van der Waals surface area (Å²) in [5, 5.41) is 9.67. The van der Waals surface area contributed by atoms with Crippen molar-refractivity contribution in [3.05, 3.63) is 35.4 Å². The van der Waals surface area contributed by atoms with Gasteiger partial charge in [0.05, 0.1) is 6.10 Å². The number of hydrogen-bond donors (Lipinski definition) is 1. The van der Waals surface area contributed by atoms with Crippen LogP contribution in [0.3, 0.4) is 0 Å². The van der Waals surface area contributed by atoms with Crippen molar-refractivity contribution in [2.45, 2.75) is 32.8 Å². The van der Waals surface area contributed by atoms with Crippen LogP contribution in [0.4, 0.5) is 0 Å². The van der Waals surface area contributed by atoms with E-state index in [1.54, 1.807) is 36.1 Å². The highest BCUT2D eigenvalue weighted by molar-refractivity contribution is 5.97. The van der Waals surface area contributed by atoms with Gasteiger partial charge in [0.1, 0.15) is 0 Å². The number of rotatable bonds is 3. The lowest BCUT2D eigenvalue weighted by Gasteiger charge is -2.34. The van der Waals surface area contributed by atoms with Crippen molar-refractivity contribution < 1.29 is 14.7 Å². The lowest BCUT2D eigenvalue weighted by atomic mass is 9.93. The van der Waals surface area contributed by atoms with Crippen LogP contribution in [0, 0.1) is 5.92 Å². The first-order valence-electron chi connectivity index (χ1n) is 7.07. The van der Waals surface area contributed by atoms with E-state index in [-0.39, 0.29) is 23.7 Å². The van der Waals surface area contributed by atoms with Crippen LogP contribution in [0.2, 0.25) is 0 Å². The number of amides is 1. The van der Waals surface area contributed by atoms with Gasteiger partial charge in [-0.3, -0.25) is 9.59 Å². The number of hydrogen-bond acceptors (Lipinski definition) is 3. The third-order valence-electron chi connectivity index (χ3n) is 3.97. The van der Waals surface area contributed by atoms with Crippen molar-refractivity contribution in [1.82, 2.24) is 4.90 Å². The molecule has 1 aliphatic rings. The molecule has 20 heavy (non-hydrogen) atoms. The molecule has 0 aliphatic carbocycles. The van der Waals surface area contributed by atoms with Crippen LogP contribution in [0.5, 0.6) is 0 Å². The molecule has 0 bridgehead atoms. The molecule has 4 nitrogen and oxygen atoms in total. The van der Waals surface area contributed by atoms with E-state index in [0.29, 0.717) is 17.7 Å². The Labute approximate surface area is 119 Å².